The van der Waals surface area contributed by atoms with Crippen LogP contribution in [-0.4, -0.2) is 23.8 Å². The molecular weight excluding hydrogens is 302 g/mol. The van der Waals surface area contributed by atoms with Crippen molar-refractivity contribution in [2.45, 2.75) is 26.2 Å². The third kappa shape index (κ3) is 3.10. The second-order valence-corrected chi connectivity index (χ2v) is 5.56. The molecule has 1 aromatic rings. The summed E-state index contributed by atoms with van der Waals surface area (Å²) < 4.78 is 10.00. The van der Waals surface area contributed by atoms with E-state index in [0.29, 0.717) is 17.9 Å². The Morgan fingerprint density at radius 2 is 1.87 bits per heavy atom. The molecule has 0 bridgehead atoms. The molecule has 0 radical (unpaired) electrons. The zero-order valence-corrected chi connectivity index (χ0v) is 12.6. The Morgan fingerprint density at radius 1 is 1.17 bits per heavy atom. The molecular formula is C15H15N3O5. The largest absolute Gasteiger partial charge is 0.419 e. The van der Waals surface area contributed by atoms with E-state index in [-0.39, 0.29) is 11.6 Å². The lowest BCUT2D eigenvalue weighted by atomic mass is 10.1. The van der Waals surface area contributed by atoms with Crippen molar-refractivity contribution < 1.29 is 23.9 Å². The zero-order valence-electron chi connectivity index (χ0n) is 12.6. The van der Waals surface area contributed by atoms with Crippen molar-refractivity contribution in [1.82, 2.24) is 5.32 Å². The topological polar surface area (TPSA) is 106 Å². The van der Waals surface area contributed by atoms with Gasteiger partial charge < -0.3 is 25.4 Å². The van der Waals surface area contributed by atoms with Gasteiger partial charge in [-0.15, -0.1) is 0 Å². The fourth-order valence-electron chi connectivity index (χ4n) is 2.23. The van der Waals surface area contributed by atoms with Gasteiger partial charge >= 0.3 is 18.0 Å². The Labute approximate surface area is 131 Å². The van der Waals surface area contributed by atoms with Crippen LogP contribution in [0.4, 0.5) is 16.2 Å². The number of carbonyl (C=O) groups is 3. The molecule has 2 aliphatic heterocycles. The highest BCUT2D eigenvalue weighted by Gasteiger charge is 2.38. The number of cyclic esters (lactones) is 2. The first kappa shape index (κ1) is 14.9. The molecule has 0 spiro atoms. The molecule has 0 saturated carbocycles. The molecule has 1 saturated heterocycles. The SMILES string of the molecule is CC1(C)OC(=O)C(=CNc2ccc3c(c2)CNC(=O)N3)C(=O)O1. The van der Waals surface area contributed by atoms with Crippen molar-refractivity contribution >= 4 is 29.3 Å². The Kier molecular flexibility index (Phi) is 3.44. The molecule has 0 aromatic heterocycles. The summed E-state index contributed by atoms with van der Waals surface area (Å²) in [6.45, 7) is 3.36. The number of esters is 2. The minimum atomic E-state index is -1.26. The number of urea groups is 1. The number of benzene rings is 1. The van der Waals surface area contributed by atoms with Gasteiger partial charge in [-0.1, -0.05) is 0 Å². The van der Waals surface area contributed by atoms with Crippen molar-refractivity contribution in [3.8, 4) is 0 Å². The zero-order chi connectivity index (χ0) is 16.6. The van der Waals surface area contributed by atoms with E-state index in [9.17, 15) is 14.4 Å². The van der Waals surface area contributed by atoms with Gasteiger partial charge in [0.25, 0.3) is 5.79 Å². The molecule has 23 heavy (non-hydrogen) atoms. The highest BCUT2D eigenvalue weighted by molar-refractivity contribution is 6.15. The minimum absolute atomic E-state index is 0.214. The highest BCUT2D eigenvalue weighted by atomic mass is 16.7. The van der Waals surface area contributed by atoms with Crippen molar-refractivity contribution in [3.05, 3.63) is 35.5 Å². The van der Waals surface area contributed by atoms with Crippen LogP contribution in [0.3, 0.4) is 0 Å². The average molecular weight is 317 g/mol. The third-order valence-corrected chi connectivity index (χ3v) is 3.29. The normalized spacial score (nSPS) is 18.9. The molecule has 2 heterocycles. The Morgan fingerprint density at radius 3 is 2.57 bits per heavy atom. The fraction of sp³-hybridized carbons (Fsp3) is 0.267. The predicted octanol–water partition coefficient (Wildman–Crippen LogP) is 1.45. The van der Waals surface area contributed by atoms with E-state index in [4.69, 9.17) is 9.47 Å². The molecule has 0 atom stereocenters. The quantitative estimate of drug-likeness (QED) is 0.433. The molecule has 1 fully saturated rings. The maximum absolute atomic E-state index is 11.8. The summed E-state index contributed by atoms with van der Waals surface area (Å²) in [7, 11) is 0. The number of anilines is 2. The standard InChI is InChI=1S/C15H15N3O5/c1-15(2)22-12(19)10(13(20)23-15)7-16-9-3-4-11-8(5-9)6-17-14(21)18-11/h3-5,7,16H,6H2,1-2H3,(H2,17,18,21). The molecule has 3 N–H and O–H groups in total. The molecule has 2 amide bonds. The summed E-state index contributed by atoms with van der Waals surface area (Å²) in [5.41, 5.74) is 2.03. The number of fused-ring (bicyclic) bond motifs is 1. The van der Waals surface area contributed by atoms with Gasteiger partial charge in [-0.2, -0.15) is 0 Å². The van der Waals surface area contributed by atoms with E-state index >= 15 is 0 Å². The molecule has 0 aliphatic carbocycles. The number of hydrogen-bond donors (Lipinski definition) is 3. The van der Waals surface area contributed by atoms with Crippen molar-refractivity contribution in [2.75, 3.05) is 10.6 Å². The van der Waals surface area contributed by atoms with Gasteiger partial charge in [-0.3, -0.25) is 0 Å². The molecule has 8 heteroatoms. The van der Waals surface area contributed by atoms with Gasteiger partial charge in [-0.05, 0) is 23.8 Å². The van der Waals surface area contributed by atoms with Crippen LogP contribution >= 0.6 is 0 Å². The van der Waals surface area contributed by atoms with Crippen LogP contribution in [0, 0.1) is 0 Å². The number of carbonyl (C=O) groups excluding carboxylic acids is 3. The summed E-state index contributed by atoms with van der Waals surface area (Å²) in [5, 5.41) is 8.19. The number of hydrogen-bond acceptors (Lipinski definition) is 6. The van der Waals surface area contributed by atoms with E-state index in [1.807, 2.05) is 0 Å². The van der Waals surface area contributed by atoms with Crippen LogP contribution in [0.1, 0.15) is 19.4 Å². The lowest BCUT2D eigenvalue weighted by Gasteiger charge is -2.29. The summed E-state index contributed by atoms with van der Waals surface area (Å²) in [4.78, 5) is 34.9. The van der Waals surface area contributed by atoms with E-state index in [1.54, 1.807) is 18.2 Å². The first-order valence-electron chi connectivity index (χ1n) is 6.95. The van der Waals surface area contributed by atoms with Crippen molar-refractivity contribution in [1.29, 1.82) is 0 Å². The average Bonchev–Trinajstić information content (AvgIpc) is 2.45. The van der Waals surface area contributed by atoms with Gasteiger partial charge in [0.2, 0.25) is 0 Å². The van der Waals surface area contributed by atoms with Crippen LogP contribution in [0.15, 0.2) is 30.0 Å². The number of nitrogens with one attached hydrogen (secondary N) is 3. The van der Waals surface area contributed by atoms with Crippen LogP contribution < -0.4 is 16.0 Å². The van der Waals surface area contributed by atoms with Crippen LogP contribution in [0.2, 0.25) is 0 Å². The lowest BCUT2D eigenvalue weighted by molar-refractivity contribution is -0.222. The fourth-order valence-corrected chi connectivity index (χ4v) is 2.23. The number of rotatable bonds is 2. The first-order chi connectivity index (χ1) is 10.8. The molecule has 3 rings (SSSR count). The van der Waals surface area contributed by atoms with Crippen LogP contribution in [-0.2, 0) is 25.6 Å². The van der Waals surface area contributed by atoms with Gasteiger partial charge in [0.15, 0.2) is 5.57 Å². The predicted molar refractivity (Wildman–Crippen MR) is 80.3 cm³/mol. The van der Waals surface area contributed by atoms with Crippen molar-refractivity contribution in [3.63, 3.8) is 0 Å². The van der Waals surface area contributed by atoms with E-state index < -0.39 is 17.7 Å². The van der Waals surface area contributed by atoms with E-state index in [0.717, 1.165) is 5.56 Å². The second-order valence-electron chi connectivity index (χ2n) is 5.56. The molecule has 1 aromatic carbocycles. The van der Waals surface area contributed by atoms with Gasteiger partial charge in [0.05, 0.1) is 0 Å². The van der Waals surface area contributed by atoms with Crippen LogP contribution in [0.5, 0.6) is 0 Å². The summed E-state index contributed by atoms with van der Waals surface area (Å²) in [6.07, 6.45) is 1.25. The summed E-state index contributed by atoms with van der Waals surface area (Å²) >= 11 is 0. The number of amides is 2. The summed E-state index contributed by atoms with van der Waals surface area (Å²) in [6, 6.07) is 4.98. The van der Waals surface area contributed by atoms with Crippen molar-refractivity contribution in [2.24, 2.45) is 0 Å². The maximum atomic E-state index is 11.8. The van der Waals surface area contributed by atoms with Gasteiger partial charge in [0.1, 0.15) is 0 Å². The third-order valence-electron chi connectivity index (χ3n) is 3.29. The minimum Gasteiger partial charge on any atom is -0.419 e. The molecule has 2 aliphatic rings. The summed E-state index contributed by atoms with van der Waals surface area (Å²) in [5.74, 6) is -2.75. The monoisotopic (exact) mass is 317 g/mol. The second kappa shape index (κ2) is 5.31. The highest BCUT2D eigenvalue weighted by Crippen LogP contribution is 2.25. The Bertz CT molecular complexity index is 717. The van der Waals surface area contributed by atoms with E-state index in [2.05, 4.69) is 16.0 Å². The van der Waals surface area contributed by atoms with Gasteiger partial charge in [-0.25, -0.2) is 14.4 Å². The maximum Gasteiger partial charge on any atom is 0.350 e. The Hall–Kier alpha value is -3.03. The van der Waals surface area contributed by atoms with Crippen LogP contribution in [0.25, 0.3) is 0 Å². The van der Waals surface area contributed by atoms with E-state index in [1.165, 1.54) is 20.0 Å². The molecule has 120 valence electrons. The smallest absolute Gasteiger partial charge is 0.350 e. The first-order valence-corrected chi connectivity index (χ1v) is 6.95. The lowest BCUT2D eigenvalue weighted by Crippen LogP contribution is -2.42. The molecule has 8 nitrogen and oxygen atoms in total. The van der Waals surface area contributed by atoms with Gasteiger partial charge in [0, 0.05) is 38.0 Å². The number of ether oxygens (including phenoxy) is 2. The Balaban J connectivity index is 1.76. The molecule has 0 unspecified atom stereocenters.